The number of anilines is 2. The Labute approximate surface area is 178 Å². The van der Waals surface area contributed by atoms with Crippen molar-refractivity contribution in [1.29, 1.82) is 0 Å². The van der Waals surface area contributed by atoms with Crippen LogP contribution < -0.4 is 4.90 Å². The van der Waals surface area contributed by atoms with Gasteiger partial charge in [0.1, 0.15) is 0 Å². The molecular formula is C21H19ClF2N2O3S. The molecule has 0 radical (unpaired) electrons. The molecule has 1 amide bonds. The highest BCUT2D eigenvalue weighted by molar-refractivity contribution is 7.96. The minimum Gasteiger partial charge on any atom is -0.338 e. The summed E-state index contributed by atoms with van der Waals surface area (Å²) in [6, 6.07) is 7.34. The van der Waals surface area contributed by atoms with E-state index >= 15 is 0 Å². The largest absolute Gasteiger partial charge is 0.338 e. The molecule has 1 fully saturated rings. The summed E-state index contributed by atoms with van der Waals surface area (Å²) >= 11 is 6.06. The molecule has 2 aromatic rings. The quantitative estimate of drug-likeness (QED) is 0.666. The number of hydrogen-bond acceptors (Lipinski definition) is 4. The van der Waals surface area contributed by atoms with Gasteiger partial charge in [0.2, 0.25) is 9.84 Å². The molecule has 9 heteroatoms. The smallest absolute Gasteiger partial charge is 0.267 e. The number of likely N-dealkylation sites (tertiary alicyclic amines) is 1. The van der Waals surface area contributed by atoms with Gasteiger partial charge >= 0.3 is 0 Å². The summed E-state index contributed by atoms with van der Waals surface area (Å²) in [4.78, 5) is 15.5. The maximum atomic E-state index is 13.9. The SMILES string of the molecule is CC1CCN(C(=O)C2=CN(c3ccc(F)c(F)c3)c3cc(Cl)ccc3S2(=O)=O)CC1. The summed E-state index contributed by atoms with van der Waals surface area (Å²) in [5, 5.41) is 0.268. The lowest BCUT2D eigenvalue weighted by Gasteiger charge is -2.33. The molecule has 158 valence electrons. The van der Waals surface area contributed by atoms with Crippen molar-refractivity contribution in [1.82, 2.24) is 4.90 Å². The molecular weight excluding hydrogens is 434 g/mol. The molecule has 0 atom stereocenters. The van der Waals surface area contributed by atoms with E-state index < -0.39 is 32.3 Å². The lowest BCUT2D eigenvalue weighted by Crippen LogP contribution is -2.41. The van der Waals surface area contributed by atoms with Crippen molar-refractivity contribution in [3.8, 4) is 0 Å². The lowest BCUT2D eigenvalue weighted by atomic mass is 9.99. The Balaban J connectivity index is 1.85. The van der Waals surface area contributed by atoms with E-state index in [9.17, 15) is 22.0 Å². The van der Waals surface area contributed by atoms with E-state index in [1.807, 2.05) is 0 Å². The van der Waals surface area contributed by atoms with Crippen molar-refractivity contribution >= 4 is 38.7 Å². The van der Waals surface area contributed by atoms with Crippen molar-refractivity contribution < 1.29 is 22.0 Å². The second-order valence-electron chi connectivity index (χ2n) is 7.55. The van der Waals surface area contributed by atoms with E-state index in [4.69, 9.17) is 11.6 Å². The first-order chi connectivity index (χ1) is 14.2. The number of halogens is 3. The molecule has 0 aromatic heterocycles. The Morgan fingerprint density at radius 1 is 1.07 bits per heavy atom. The molecule has 0 saturated carbocycles. The third-order valence-electron chi connectivity index (χ3n) is 5.47. The molecule has 0 N–H and O–H groups in total. The second kappa shape index (κ2) is 7.67. The number of carbonyl (C=O) groups excluding carboxylic acids is 1. The van der Waals surface area contributed by atoms with Gasteiger partial charge < -0.3 is 9.80 Å². The van der Waals surface area contributed by atoms with Gasteiger partial charge in [-0.3, -0.25) is 4.79 Å². The molecule has 2 aliphatic heterocycles. The first-order valence-corrected chi connectivity index (χ1v) is 11.3. The Morgan fingerprint density at radius 3 is 2.43 bits per heavy atom. The third-order valence-corrected chi connectivity index (χ3v) is 7.49. The fourth-order valence-corrected chi connectivity index (χ4v) is 5.35. The molecule has 0 spiro atoms. The summed E-state index contributed by atoms with van der Waals surface area (Å²) in [6.07, 6.45) is 2.75. The molecule has 0 aliphatic carbocycles. The van der Waals surface area contributed by atoms with Gasteiger partial charge in [0.05, 0.1) is 10.6 Å². The molecule has 0 unspecified atom stereocenters. The highest BCUT2D eigenvalue weighted by atomic mass is 35.5. The second-order valence-corrected chi connectivity index (χ2v) is 9.87. The summed E-state index contributed by atoms with van der Waals surface area (Å²) in [6.45, 7) is 3.01. The van der Waals surface area contributed by atoms with Crippen LogP contribution in [0.5, 0.6) is 0 Å². The number of sulfone groups is 1. The predicted molar refractivity (Wildman–Crippen MR) is 110 cm³/mol. The number of hydrogen-bond donors (Lipinski definition) is 0. The summed E-state index contributed by atoms with van der Waals surface area (Å²) in [7, 11) is -4.12. The van der Waals surface area contributed by atoms with Gasteiger partial charge in [-0.05, 0) is 49.1 Å². The first-order valence-electron chi connectivity index (χ1n) is 9.48. The van der Waals surface area contributed by atoms with Gasteiger partial charge in [-0.15, -0.1) is 0 Å². The van der Waals surface area contributed by atoms with E-state index in [1.54, 1.807) is 0 Å². The van der Waals surface area contributed by atoms with Crippen LogP contribution in [0.25, 0.3) is 0 Å². The van der Waals surface area contributed by atoms with E-state index in [0.717, 1.165) is 25.0 Å². The van der Waals surface area contributed by atoms with Gasteiger partial charge in [0.25, 0.3) is 5.91 Å². The average Bonchev–Trinajstić information content (AvgIpc) is 2.70. The minimum absolute atomic E-state index is 0.118. The van der Waals surface area contributed by atoms with Gasteiger partial charge in [-0.1, -0.05) is 18.5 Å². The van der Waals surface area contributed by atoms with Crippen LogP contribution in [0.2, 0.25) is 5.02 Å². The molecule has 2 aromatic carbocycles. The van der Waals surface area contributed by atoms with Crippen LogP contribution in [0.15, 0.2) is 52.4 Å². The van der Waals surface area contributed by atoms with Crippen LogP contribution in [0, 0.1) is 17.6 Å². The number of piperidine rings is 1. The molecule has 1 saturated heterocycles. The average molecular weight is 453 g/mol. The number of carbonyl (C=O) groups is 1. The molecule has 2 heterocycles. The fraction of sp³-hybridized carbons (Fsp3) is 0.286. The van der Waals surface area contributed by atoms with E-state index in [2.05, 4.69) is 6.92 Å². The molecule has 5 nitrogen and oxygen atoms in total. The van der Waals surface area contributed by atoms with Crippen molar-refractivity contribution in [3.05, 3.63) is 64.2 Å². The fourth-order valence-electron chi connectivity index (χ4n) is 3.67. The zero-order chi connectivity index (χ0) is 21.6. The van der Waals surface area contributed by atoms with Crippen LogP contribution >= 0.6 is 11.6 Å². The molecule has 2 aliphatic rings. The third kappa shape index (κ3) is 3.58. The van der Waals surface area contributed by atoms with Gasteiger partial charge in [-0.25, -0.2) is 17.2 Å². The van der Waals surface area contributed by atoms with Gasteiger partial charge in [-0.2, -0.15) is 0 Å². The van der Waals surface area contributed by atoms with Crippen LogP contribution in [0.3, 0.4) is 0 Å². The van der Waals surface area contributed by atoms with Crippen molar-refractivity contribution in [2.24, 2.45) is 5.92 Å². The van der Waals surface area contributed by atoms with E-state index in [1.165, 1.54) is 40.3 Å². The minimum atomic E-state index is -4.12. The zero-order valence-electron chi connectivity index (χ0n) is 16.1. The molecule has 30 heavy (non-hydrogen) atoms. The van der Waals surface area contributed by atoms with Crippen LogP contribution in [0.1, 0.15) is 19.8 Å². The Bertz CT molecular complexity index is 1160. The summed E-state index contributed by atoms with van der Waals surface area (Å²) < 4.78 is 53.8. The Kier molecular flexibility index (Phi) is 5.32. The Morgan fingerprint density at radius 2 is 1.77 bits per heavy atom. The number of benzene rings is 2. The maximum Gasteiger partial charge on any atom is 0.267 e. The van der Waals surface area contributed by atoms with Crippen LogP contribution in [-0.2, 0) is 14.6 Å². The number of fused-ring (bicyclic) bond motifs is 1. The van der Waals surface area contributed by atoms with Gasteiger partial charge in [0.15, 0.2) is 16.5 Å². The molecule has 0 bridgehead atoms. The first kappa shape index (κ1) is 20.8. The summed E-state index contributed by atoms with van der Waals surface area (Å²) in [5.74, 6) is -2.25. The van der Waals surface area contributed by atoms with Gasteiger partial charge in [0, 0.05) is 36.1 Å². The normalized spacial score (nSPS) is 18.7. The standard InChI is InChI=1S/C21H19ClF2N2O3S/c1-13-6-8-25(9-7-13)21(27)20-12-26(15-3-4-16(23)17(24)11-15)18-10-14(22)2-5-19(18)30(20,28)29/h2-5,10-13H,6-9H2,1H3. The maximum absolute atomic E-state index is 13.9. The highest BCUT2D eigenvalue weighted by Crippen LogP contribution is 2.41. The highest BCUT2D eigenvalue weighted by Gasteiger charge is 2.38. The number of nitrogens with zero attached hydrogens (tertiary/aromatic N) is 2. The van der Waals surface area contributed by atoms with Crippen molar-refractivity contribution in [3.63, 3.8) is 0 Å². The van der Waals surface area contributed by atoms with E-state index in [-0.39, 0.29) is 21.3 Å². The lowest BCUT2D eigenvalue weighted by molar-refractivity contribution is -0.127. The van der Waals surface area contributed by atoms with Crippen molar-refractivity contribution in [2.45, 2.75) is 24.7 Å². The Hall–Kier alpha value is -2.45. The summed E-state index contributed by atoms with van der Waals surface area (Å²) in [5.41, 5.74) is 0.335. The van der Waals surface area contributed by atoms with E-state index in [0.29, 0.717) is 19.0 Å². The van der Waals surface area contributed by atoms with Crippen LogP contribution in [-0.4, -0.2) is 32.3 Å². The predicted octanol–water partition coefficient (Wildman–Crippen LogP) is 4.64. The van der Waals surface area contributed by atoms with Crippen molar-refractivity contribution in [2.75, 3.05) is 18.0 Å². The monoisotopic (exact) mass is 452 g/mol. The zero-order valence-corrected chi connectivity index (χ0v) is 17.7. The topological polar surface area (TPSA) is 57.7 Å². The molecule has 4 rings (SSSR count). The number of rotatable bonds is 2. The number of amides is 1. The van der Waals surface area contributed by atoms with Crippen LogP contribution in [0.4, 0.5) is 20.2 Å².